The molecule has 0 bridgehead atoms. The number of nitrogens with two attached hydrogens (primary N) is 1. The molecular formula is C17H26N2O. The minimum Gasteiger partial charge on any atom is -0.397 e. The molecule has 1 aliphatic rings. The molecule has 1 aromatic rings. The molecule has 110 valence electrons. The maximum atomic E-state index is 12.3. The summed E-state index contributed by atoms with van der Waals surface area (Å²) in [7, 11) is 0. The third-order valence-corrected chi connectivity index (χ3v) is 4.54. The number of amides is 1. The van der Waals surface area contributed by atoms with Crippen LogP contribution in [0.5, 0.6) is 0 Å². The van der Waals surface area contributed by atoms with Crippen LogP contribution in [0.4, 0.5) is 11.4 Å². The second-order valence-electron chi connectivity index (χ2n) is 6.99. The van der Waals surface area contributed by atoms with Crippen molar-refractivity contribution in [2.75, 3.05) is 11.1 Å². The first kappa shape index (κ1) is 14.9. The van der Waals surface area contributed by atoms with Gasteiger partial charge in [0.2, 0.25) is 5.91 Å². The van der Waals surface area contributed by atoms with Gasteiger partial charge in [-0.2, -0.15) is 0 Å². The Kier molecular flexibility index (Phi) is 4.36. The summed E-state index contributed by atoms with van der Waals surface area (Å²) in [6.07, 6.45) is 4.26. The zero-order valence-corrected chi connectivity index (χ0v) is 12.8. The summed E-state index contributed by atoms with van der Waals surface area (Å²) in [6.45, 7) is 6.88. The second kappa shape index (κ2) is 5.86. The molecule has 1 aliphatic carbocycles. The van der Waals surface area contributed by atoms with Crippen LogP contribution in [0, 0.1) is 17.3 Å². The van der Waals surface area contributed by atoms with Gasteiger partial charge in [0.05, 0.1) is 11.4 Å². The number of hydrogen-bond donors (Lipinski definition) is 2. The third kappa shape index (κ3) is 3.53. The van der Waals surface area contributed by atoms with Gasteiger partial charge in [-0.05, 0) is 49.1 Å². The second-order valence-corrected chi connectivity index (χ2v) is 6.99. The highest BCUT2D eigenvalue weighted by Gasteiger charge is 2.32. The number of benzene rings is 1. The van der Waals surface area contributed by atoms with Crippen LogP contribution < -0.4 is 11.1 Å². The third-order valence-electron chi connectivity index (χ3n) is 4.54. The Balaban J connectivity index is 1.91. The van der Waals surface area contributed by atoms with E-state index in [1.54, 1.807) is 0 Å². The number of rotatable bonds is 2. The lowest BCUT2D eigenvalue weighted by atomic mass is 9.69. The Hall–Kier alpha value is -1.51. The lowest BCUT2D eigenvalue weighted by Gasteiger charge is -2.36. The summed E-state index contributed by atoms with van der Waals surface area (Å²) in [5.74, 6) is 0.983. The maximum Gasteiger partial charge on any atom is 0.227 e. The highest BCUT2D eigenvalue weighted by molar-refractivity contribution is 5.95. The Morgan fingerprint density at radius 3 is 2.30 bits per heavy atom. The van der Waals surface area contributed by atoms with Gasteiger partial charge in [-0.1, -0.05) is 32.9 Å². The lowest BCUT2D eigenvalue weighted by molar-refractivity contribution is -0.121. The van der Waals surface area contributed by atoms with Crippen molar-refractivity contribution in [1.29, 1.82) is 0 Å². The van der Waals surface area contributed by atoms with E-state index in [2.05, 4.69) is 26.1 Å². The molecule has 0 spiro atoms. The number of nitrogens with one attached hydrogen (secondary N) is 1. The number of nitrogen functional groups attached to an aromatic ring is 1. The van der Waals surface area contributed by atoms with Crippen LogP contribution in [0.15, 0.2) is 24.3 Å². The van der Waals surface area contributed by atoms with E-state index >= 15 is 0 Å². The molecular weight excluding hydrogens is 248 g/mol. The average molecular weight is 274 g/mol. The fraction of sp³-hybridized carbons (Fsp3) is 0.588. The van der Waals surface area contributed by atoms with Crippen LogP contribution in [0.25, 0.3) is 0 Å². The van der Waals surface area contributed by atoms with Crippen molar-refractivity contribution < 1.29 is 4.79 Å². The van der Waals surface area contributed by atoms with Gasteiger partial charge in [0.25, 0.3) is 0 Å². The summed E-state index contributed by atoms with van der Waals surface area (Å²) in [4.78, 5) is 12.3. The van der Waals surface area contributed by atoms with E-state index in [1.165, 1.54) is 0 Å². The van der Waals surface area contributed by atoms with Crippen molar-refractivity contribution in [2.24, 2.45) is 17.3 Å². The smallest absolute Gasteiger partial charge is 0.227 e. The van der Waals surface area contributed by atoms with Crippen molar-refractivity contribution in [1.82, 2.24) is 0 Å². The van der Waals surface area contributed by atoms with Gasteiger partial charge < -0.3 is 11.1 Å². The van der Waals surface area contributed by atoms with E-state index in [9.17, 15) is 4.79 Å². The molecule has 0 aliphatic heterocycles. The van der Waals surface area contributed by atoms with E-state index in [-0.39, 0.29) is 11.8 Å². The van der Waals surface area contributed by atoms with E-state index < -0.39 is 0 Å². The van der Waals surface area contributed by atoms with Gasteiger partial charge in [0.1, 0.15) is 0 Å². The fourth-order valence-corrected chi connectivity index (χ4v) is 3.07. The van der Waals surface area contributed by atoms with Crippen molar-refractivity contribution in [3.63, 3.8) is 0 Å². The summed E-state index contributed by atoms with van der Waals surface area (Å²) < 4.78 is 0. The SMILES string of the molecule is CC(C)(C)C1CCC(C(=O)Nc2ccccc2N)CC1. The molecule has 0 heterocycles. The minimum atomic E-state index is 0.121. The van der Waals surface area contributed by atoms with Crippen LogP contribution in [-0.2, 0) is 4.79 Å². The summed E-state index contributed by atoms with van der Waals surface area (Å²) in [5, 5.41) is 2.97. The van der Waals surface area contributed by atoms with E-state index in [0.717, 1.165) is 37.3 Å². The molecule has 0 saturated heterocycles. The number of hydrogen-bond acceptors (Lipinski definition) is 2. The maximum absolute atomic E-state index is 12.3. The Morgan fingerprint density at radius 2 is 1.75 bits per heavy atom. The fourth-order valence-electron chi connectivity index (χ4n) is 3.07. The molecule has 2 rings (SSSR count). The Bertz CT molecular complexity index is 468. The zero-order valence-electron chi connectivity index (χ0n) is 12.8. The highest BCUT2D eigenvalue weighted by Crippen LogP contribution is 2.40. The highest BCUT2D eigenvalue weighted by atomic mass is 16.1. The van der Waals surface area contributed by atoms with Crippen LogP contribution >= 0.6 is 0 Å². The topological polar surface area (TPSA) is 55.1 Å². The molecule has 1 fully saturated rings. The Labute approximate surface area is 121 Å². The summed E-state index contributed by atoms with van der Waals surface area (Å²) in [6, 6.07) is 7.43. The summed E-state index contributed by atoms with van der Waals surface area (Å²) in [5.41, 5.74) is 7.58. The van der Waals surface area contributed by atoms with Gasteiger partial charge in [-0.3, -0.25) is 4.79 Å². The average Bonchev–Trinajstić information content (AvgIpc) is 2.40. The first-order valence-corrected chi connectivity index (χ1v) is 7.53. The van der Waals surface area contributed by atoms with Crippen molar-refractivity contribution >= 4 is 17.3 Å². The molecule has 3 N–H and O–H groups in total. The van der Waals surface area contributed by atoms with Crippen LogP contribution in [-0.4, -0.2) is 5.91 Å². The van der Waals surface area contributed by atoms with Crippen molar-refractivity contribution in [2.45, 2.75) is 46.5 Å². The van der Waals surface area contributed by atoms with Crippen LogP contribution in [0.1, 0.15) is 46.5 Å². The molecule has 0 radical (unpaired) electrons. The lowest BCUT2D eigenvalue weighted by Crippen LogP contribution is -2.31. The minimum absolute atomic E-state index is 0.121. The van der Waals surface area contributed by atoms with Crippen LogP contribution in [0.2, 0.25) is 0 Å². The first-order chi connectivity index (χ1) is 9.38. The number of anilines is 2. The predicted molar refractivity (Wildman–Crippen MR) is 84.4 cm³/mol. The molecule has 1 aromatic carbocycles. The molecule has 0 atom stereocenters. The van der Waals surface area contributed by atoms with Gasteiger partial charge in [0.15, 0.2) is 0 Å². The molecule has 3 heteroatoms. The standard InChI is InChI=1S/C17H26N2O/c1-17(2,3)13-10-8-12(9-11-13)16(20)19-15-7-5-4-6-14(15)18/h4-7,12-13H,8-11,18H2,1-3H3,(H,19,20). The van der Waals surface area contributed by atoms with Gasteiger partial charge in [-0.25, -0.2) is 0 Å². The summed E-state index contributed by atoms with van der Waals surface area (Å²) >= 11 is 0. The first-order valence-electron chi connectivity index (χ1n) is 7.53. The van der Waals surface area contributed by atoms with Gasteiger partial charge in [0, 0.05) is 5.92 Å². The zero-order chi connectivity index (χ0) is 14.8. The predicted octanol–water partition coefficient (Wildman–Crippen LogP) is 4.06. The molecule has 20 heavy (non-hydrogen) atoms. The quantitative estimate of drug-likeness (QED) is 0.799. The molecule has 3 nitrogen and oxygen atoms in total. The van der Waals surface area contributed by atoms with Gasteiger partial charge in [-0.15, -0.1) is 0 Å². The molecule has 1 saturated carbocycles. The largest absolute Gasteiger partial charge is 0.397 e. The van der Waals surface area contributed by atoms with Crippen molar-refractivity contribution in [3.05, 3.63) is 24.3 Å². The van der Waals surface area contributed by atoms with Crippen LogP contribution in [0.3, 0.4) is 0 Å². The monoisotopic (exact) mass is 274 g/mol. The number of para-hydroxylation sites is 2. The molecule has 0 unspecified atom stereocenters. The molecule has 0 aromatic heterocycles. The Morgan fingerprint density at radius 1 is 1.15 bits per heavy atom. The van der Waals surface area contributed by atoms with E-state index in [0.29, 0.717) is 11.1 Å². The van der Waals surface area contributed by atoms with Gasteiger partial charge >= 0.3 is 0 Å². The van der Waals surface area contributed by atoms with E-state index in [1.807, 2.05) is 24.3 Å². The molecule has 1 amide bonds. The normalized spacial score (nSPS) is 23.4. The van der Waals surface area contributed by atoms with E-state index in [4.69, 9.17) is 5.73 Å². The number of carbonyl (C=O) groups is 1. The van der Waals surface area contributed by atoms with Crippen molar-refractivity contribution in [3.8, 4) is 0 Å². The number of carbonyl (C=O) groups excluding carboxylic acids is 1.